The van der Waals surface area contributed by atoms with E-state index in [1.165, 1.54) is 0 Å². The maximum absolute atomic E-state index is 8.46. The van der Waals surface area contributed by atoms with Crippen molar-refractivity contribution >= 4 is 16.5 Å². The lowest BCUT2D eigenvalue weighted by molar-refractivity contribution is 1.31. The number of hydrogen-bond acceptors (Lipinski definition) is 4. The van der Waals surface area contributed by atoms with Crippen LogP contribution in [0.2, 0.25) is 0 Å². The lowest BCUT2D eigenvalue weighted by Gasteiger charge is -1.72. The summed E-state index contributed by atoms with van der Waals surface area (Å²) in [4.78, 5) is 2.90. The van der Waals surface area contributed by atoms with Crippen molar-refractivity contribution < 1.29 is 0 Å². The van der Waals surface area contributed by atoms with Crippen molar-refractivity contribution in [2.24, 2.45) is 0 Å². The first-order valence-electron chi connectivity index (χ1n) is 2.51. The Balaban J connectivity index is 3.34. The molecule has 4 nitrogen and oxygen atoms in total. The van der Waals surface area contributed by atoms with Gasteiger partial charge < -0.3 is 0 Å². The van der Waals surface area contributed by atoms with Crippen LogP contribution in [-0.2, 0) is 0 Å². The van der Waals surface area contributed by atoms with E-state index >= 15 is 0 Å². The zero-order valence-electron chi connectivity index (χ0n) is 5.20. The Labute approximate surface area is 61.5 Å². The highest BCUT2D eigenvalue weighted by molar-refractivity contribution is 7.10. The average Bonchev–Trinajstić information content (AvgIpc) is 2.30. The van der Waals surface area contributed by atoms with Gasteiger partial charge in [-0.1, -0.05) is 0 Å². The van der Waals surface area contributed by atoms with E-state index in [9.17, 15) is 0 Å². The summed E-state index contributed by atoms with van der Waals surface area (Å²) in [7, 11) is 0. The molecule has 0 amide bonds. The van der Waals surface area contributed by atoms with Crippen molar-refractivity contribution in [2.45, 2.75) is 6.92 Å². The number of aromatic nitrogens is 1. The highest BCUT2D eigenvalue weighted by Crippen LogP contribution is 2.25. The summed E-state index contributed by atoms with van der Waals surface area (Å²) in [5, 5.41) is 17.0. The number of hydrogen-bond donors (Lipinski definition) is 0. The largest absolute Gasteiger partial charge is 0.477 e. The quantitative estimate of drug-likeness (QED) is 0.531. The van der Waals surface area contributed by atoms with Gasteiger partial charge in [0.1, 0.15) is 6.07 Å². The minimum atomic E-state index is 0.278. The highest BCUT2D eigenvalue weighted by Gasteiger charge is 2.20. The molecule has 10 heavy (non-hydrogen) atoms. The Kier molecular flexibility index (Phi) is 1.61. The summed E-state index contributed by atoms with van der Waals surface area (Å²) in [6.45, 7) is 1.70. The summed E-state index contributed by atoms with van der Waals surface area (Å²) >= 11 is 1.01. The summed E-state index contributed by atoms with van der Waals surface area (Å²) in [5.41, 5.74) is 0.966. The molecule has 48 valence electrons. The number of nitrogens with zero attached hydrogens (tertiary/aromatic N) is 4. The molecular formula is C5H3N4S+. The SMILES string of the molecule is Cc1nsc([N+]#N)c1C#N. The van der Waals surface area contributed by atoms with Crippen LogP contribution < -0.4 is 0 Å². The second-order valence-corrected chi connectivity index (χ2v) is 2.41. The summed E-state index contributed by atoms with van der Waals surface area (Å²) < 4.78 is 3.82. The third-order valence-electron chi connectivity index (χ3n) is 1.05. The van der Waals surface area contributed by atoms with Gasteiger partial charge in [0.25, 0.3) is 0 Å². The van der Waals surface area contributed by atoms with Gasteiger partial charge in [0.2, 0.25) is 5.39 Å². The van der Waals surface area contributed by atoms with Crippen molar-refractivity contribution in [3.8, 4) is 6.07 Å². The fraction of sp³-hybridized carbons (Fsp3) is 0.200. The van der Waals surface area contributed by atoms with Crippen LogP contribution in [0.15, 0.2) is 0 Å². The van der Waals surface area contributed by atoms with Crippen LogP contribution in [0.25, 0.3) is 4.98 Å². The molecule has 0 unspecified atom stereocenters. The summed E-state index contributed by atoms with van der Waals surface area (Å²) in [6.07, 6.45) is 0. The van der Waals surface area contributed by atoms with Crippen molar-refractivity contribution in [2.75, 3.05) is 0 Å². The zero-order valence-corrected chi connectivity index (χ0v) is 6.01. The molecule has 0 spiro atoms. The number of diazo groups is 1. The number of rotatable bonds is 0. The smallest absolute Gasteiger partial charge is 0.192 e. The average molecular weight is 151 g/mol. The van der Waals surface area contributed by atoms with Gasteiger partial charge >= 0.3 is 5.00 Å². The van der Waals surface area contributed by atoms with Crippen molar-refractivity contribution in [3.05, 3.63) is 16.2 Å². The van der Waals surface area contributed by atoms with Crippen LogP contribution in [0.5, 0.6) is 0 Å². The lowest BCUT2D eigenvalue weighted by Crippen LogP contribution is -1.72. The summed E-state index contributed by atoms with van der Waals surface area (Å²) in [5.74, 6) is 0. The Morgan fingerprint density at radius 2 is 2.40 bits per heavy atom. The molecule has 1 rings (SSSR count). The first-order valence-corrected chi connectivity index (χ1v) is 3.28. The Morgan fingerprint density at radius 1 is 1.70 bits per heavy atom. The number of nitriles is 1. The molecule has 0 atom stereocenters. The van der Waals surface area contributed by atoms with Crippen LogP contribution in [0.1, 0.15) is 11.3 Å². The van der Waals surface area contributed by atoms with Gasteiger partial charge in [0.05, 0.1) is 17.2 Å². The van der Waals surface area contributed by atoms with Crippen molar-refractivity contribution in [1.29, 1.82) is 10.7 Å². The Bertz CT molecular complexity index is 326. The monoisotopic (exact) mass is 151 g/mol. The zero-order chi connectivity index (χ0) is 7.56. The molecule has 0 aliphatic carbocycles. The molecule has 0 aliphatic rings. The minimum Gasteiger partial charge on any atom is -0.192 e. The van der Waals surface area contributed by atoms with Gasteiger partial charge in [-0.25, -0.2) is 0 Å². The second kappa shape index (κ2) is 2.42. The maximum atomic E-state index is 8.46. The molecule has 0 N–H and O–H groups in total. The molecule has 0 fully saturated rings. The van der Waals surface area contributed by atoms with Gasteiger partial charge in [0, 0.05) is 0 Å². The van der Waals surface area contributed by atoms with Gasteiger partial charge in [-0.3, -0.25) is 0 Å². The minimum absolute atomic E-state index is 0.278. The predicted octanol–water partition coefficient (Wildman–Crippen LogP) is 1.81. The van der Waals surface area contributed by atoms with Gasteiger partial charge in [0.15, 0.2) is 10.5 Å². The standard InChI is InChI=1S/C5H3N4S/c1-3-4(2-6)5(8-7)10-9-3/h1H3/q+1. The van der Waals surface area contributed by atoms with Crippen LogP contribution >= 0.6 is 11.5 Å². The molecule has 0 saturated heterocycles. The van der Waals surface area contributed by atoms with E-state index in [1.54, 1.807) is 6.92 Å². The normalized spacial score (nSPS) is 8.30. The van der Waals surface area contributed by atoms with Crippen LogP contribution in [-0.4, -0.2) is 4.37 Å². The third-order valence-corrected chi connectivity index (χ3v) is 1.87. The molecule has 0 radical (unpaired) electrons. The highest BCUT2D eigenvalue weighted by atomic mass is 32.1. The molecule has 1 heterocycles. The molecule has 1 aromatic heterocycles. The fourth-order valence-corrected chi connectivity index (χ4v) is 1.19. The molecule has 0 aromatic carbocycles. The van der Waals surface area contributed by atoms with Crippen LogP contribution in [0.3, 0.4) is 0 Å². The van der Waals surface area contributed by atoms with Crippen LogP contribution in [0.4, 0.5) is 5.00 Å². The molecule has 0 saturated carbocycles. The van der Waals surface area contributed by atoms with Gasteiger partial charge in [-0.15, -0.1) is 0 Å². The summed E-state index contributed by atoms with van der Waals surface area (Å²) in [6, 6.07) is 1.89. The first-order chi connectivity index (χ1) is 4.79. The van der Waals surface area contributed by atoms with Crippen molar-refractivity contribution in [1.82, 2.24) is 4.37 Å². The van der Waals surface area contributed by atoms with Crippen molar-refractivity contribution in [3.63, 3.8) is 0 Å². The molecule has 1 aromatic rings. The van der Waals surface area contributed by atoms with Gasteiger partial charge in [-0.2, -0.15) is 9.64 Å². The fourth-order valence-electron chi connectivity index (χ4n) is 0.555. The van der Waals surface area contributed by atoms with E-state index in [4.69, 9.17) is 10.7 Å². The first kappa shape index (κ1) is 6.66. The van der Waals surface area contributed by atoms with E-state index in [1.807, 2.05) is 6.07 Å². The molecule has 5 heteroatoms. The molecule has 0 bridgehead atoms. The van der Waals surface area contributed by atoms with E-state index < -0.39 is 0 Å². The third kappa shape index (κ3) is 0.831. The maximum Gasteiger partial charge on any atom is 0.477 e. The predicted molar refractivity (Wildman–Crippen MR) is 36.3 cm³/mol. The van der Waals surface area contributed by atoms with E-state index in [2.05, 4.69) is 9.35 Å². The van der Waals surface area contributed by atoms with Gasteiger partial charge in [-0.05, 0) is 6.92 Å². The van der Waals surface area contributed by atoms with E-state index in [0.29, 0.717) is 11.3 Å². The second-order valence-electron chi connectivity index (χ2n) is 1.66. The Hall–Kier alpha value is -1.46. The lowest BCUT2D eigenvalue weighted by atomic mass is 10.3. The molecular weight excluding hydrogens is 148 g/mol. The molecule has 0 aliphatic heterocycles. The van der Waals surface area contributed by atoms with E-state index in [0.717, 1.165) is 11.5 Å². The Morgan fingerprint density at radius 3 is 2.80 bits per heavy atom. The van der Waals surface area contributed by atoms with Crippen LogP contribution in [0, 0.1) is 23.6 Å². The van der Waals surface area contributed by atoms with E-state index in [-0.39, 0.29) is 5.00 Å². The number of aryl methyl sites for hydroxylation is 1. The topological polar surface area (TPSA) is 64.8 Å².